The molecule has 1 aromatic heterocycles. The van der Waals surface area contributed by atoms with E-state index in [1.807, 2.05) is 31.2 Å². The van der Waals surface area contributed by atoms with Crippen LogP contribution < -0.4 is 5.32 Å². The van der Waals surface area contributed by atoms with Crippen molar-refractivity contribution in [3.05, 3.63) is 29.8 Å². The fourth-order valence-electron chi connectivity index (χ4n) is 2.99. The molecule has 1 heterocycles. The van der Waals surface area contributed by atoms with E-state index in [2.05, 4.69) is 22.4 Å². The van der Waals surface area contributed by atoms with Gasteiger partial charge in [0.15, 0.2) is 0 Å². The second-order valence-electron chi connectivity index (χ2n) is 6.46. The van der Waals surface area contributed by atoms with Gasteiger partial charge in [-0.25, -0.2) is 0 Å². The zero-order valence-electron chi connectivity index (χ0n) is 14.1. The monoisotopic (exact) mass is 345 g/mol. The second-order valence-corrected chi connectivity index (χ2v) is 7.39. The summed E-state index contributed by atoms with van der Waals surface area (Å²) in [4.78, 5) is 12.1. The van der Waals surface area contributed by atoms with Gasteiger partial charge in [0.05, 0.1) is 5.75 Å². The second kappa shape index (κ2) is 7.83. The SMILES string of the molecule is Cc1ccc(-c2nnc(SCC(=O)NC3CCCCC3C)o2)cc1. The summed E-state index contributed by atoms with van der Waals surface area (Å²) in [5.74, 6) is 1.38. The topological polar surface area (TPSA) is 68.0 Å². The summed E-state index contributed by atoms with van der Waals surface area (Å²) < 4.78 is 5.63. The maximum absolute atomic E-state index is 12.1. The fourth-order valence-corrected chi connectivity index (χ4v) is 3.56. The number of aromatic nitrogens is 2. The van der Waals surface area contributed by atoms with Crippen LogP contribution in [0.5, 0.6) is 0 Å². The summed E-state index contributed by atoms with van der Waals surface area (Å²) in [6, 6.07) is 8.22. The van der Waals surface area contributed by atoms with E-state index in [4.69, 9.17) is 4.42 Å². The van der Waals surface area contributed by atoms with E-state index < -0.39 is 0 Å². The molecule has 24 heavy (non-hydrogen) atoms. The van der Waals surface area contributed by atoms with Crippen molar-refractivity contribution in [3.8, 4) is 11.5 Å². The summed E-state index contributed by atoms with van der Waals surface area (Å²) in [7, 11) is 0. The highest BCUT2D eigenvalue weighted by molar-refractivity contribution is 7.99. The Morgan fingerprint density at radius 2 is 2.00 bits per heavy atom. The number of thioether (sulfide) groups is 1. The highest BCUT2D eigenvalue weighted by Gasteiger charge is 2.23. The number of benzene rings is 1. The first-order valence-electron chi connectivity index (χ1n) is 8.44. The first kappa shape index (κ1) is 17.0. The summed E-state index contributed by atoms with van der Waals surface area (Å²) in [6.45, 7) is 4.24. The van der Waals surface area contributed by atoms with Crippen molar-refractivity contribution in [1.82, 2.24) is 15.5 Å². The van der Waals surface area contributed by atoms with Gasteiger partial charge in [0, 0.05) is 11.6 Å². The Balaban J connectivity index is 1.51. The third-order valence-corrected chi connectivity index (χ3v) is 5.31. The number of carbonyl (C=O) groups is 1. The summed E-state index contributed by atoms with van der Waals surface area (Å²) in [6.07, 6.45) is 4.75. The number of nitrogens with zero attached hydrogens (tertiary/aromatic N) is 2. The summed E-state index contributed by atoms with van der Waals surface area (Å²) >= 11 is 1.28. The van der Waals surface area contributed by atoms with Crippen LogP contribution in [0.4, 0.5) is 0 Å². The van der Waals surface area contributed by atoms with Crippen molar-refractivity contribution in [1.29, 1.82) is 0 Å². The van der Waals surface area contributed by atoms with Crippen LogP contribution in [0.1, 0.15) is 38.2 Å². The minimum atomic E-state index is 0.0360. The normalized spacial score (nSPS) is 20.8. The maximum atomic E-state index is 12.1. The average molecular weight is 345 g/mol. The van der Waals surface area contributed by atoms with E-state index in [0.717, 1.165) is 12.0 Å². The Morgan fingerprint density at radius 3 is 2.75 bits per heavy atom. The molecule has 3 rings (SSSR count). The minimum absolute atomic E-state index is 0.0360. The molecule has 2 aromatic rings. The average Bonchev–Trinajstić information content (AvgIpc) is 3.05. The number of rotatable bonds is 5. The number of carbonyl (C=O) groups excluding carboxylic acids is 1. The molecule has 1 aromatic carbocycles. The highest BCUT2D eigenvalue weighted by Crippen LogP contribution is 2.25. The molecular weight excluding hydrogens is 322 g/mol. The predicted octanol–water partition coefficient (Wildman–Crippen LogP) is 3.83. The van der Waals surface area contributed by atoms with Gasteiger partial charge < -0.3 is 9.73 Å². The van der Waals surface area contributed by atoms with E-state index in [1.165, 1.54) is 36.6 Å². The molecule has 6 heteroatoms. The molecule has 2 unspecified atom stereocenters. The number of nitrogens with one attached hydrogen (secondary N) is 1. The Bertz CT molecular complexity index is 684. The van der Waals surface area contributed by atoms with Crippen LogP contribution in [0.2, 0.25) is 0 Å². The van der Waals surface area contributed by atoms with E-state index in [-0.39, 0.29) is 5.91 Å². The molecule has 1 amide bonds. The first-order valence-corrected chi connectivity index (χ1v) is 9.43. The van der Waals surface area contributed by atoms with Crippen LogP contribution in [0.3, 0.4) is 0 Å². The lowest BCUT2D eigenvalue weighted by Crippen LogP contribution is -2.41. The van der Waals surface area contributed by atoms with Gasteiger partial charge in [0.2, 0.25) is 11.8 Å². The summed E-state index contributed by atoms with van der Waals surface area (Å²) in [5, 5.41) is 11.6. The van der Waals surface area contributed by atoms with Crippen LogP contribution in [-0.4, -0.2) is 27.9 Å². The molecule has 1 aliphatic carbocycles. The Kier molecular flexibility index (Phi) is 5.56. The van der Waals surface area contributed by atoms with Crippen molar-refractivity contribution in [2.75, 3.05) is 5.75 Å². The third kappa shape index (κ3) is 4.38. The Hall–Kier alpha value is -1.82. The van der Waals surface area contributed by atoms with Crippen molar-refractivity contribution < 1.29 is 9.21 Å². The van der Waals surface area contributed by atoms with Gasteiger partial charge in [-0.1, -0.05) is 49.2 Å². The van der Waals surface area contributed by atoms with Crippen molar-refractivity contribution >= 4 is 17.7 Å². The smallest absolute Gasteiger partial charge is 0.277 e. The van der Waals surface area contributed by atoms with Crippen molar-refractivity contribution in [3.63, 3.8) is 0 Å². The molecular formula is C18H23N3O2S. The van der Waals surface area contributed by atoms with Crippen LogP contribution in [0.25, 0.3) is 11.5 Å². The van der Waals surface area contributed by atoms with E-state index in [9.17, 15) is 4.79 Å². The Labute approximate surface area is 146 Å². The molecule has 0 radical (unpaired) electrons. The van der Waals surface area contributed by atoms with Crippen LogP contribution in [0.15, 0.2) is 33.9 Å². The minimum Gasteiger partial charge on any atom is -0.411 e. The lowest BCUT2D eigenvalue weighted by molar-refractivity contribution is -0.119. The molecule has 128 valence electrons. The van der Waals surface area contributed by atoms with Gasteiger partial charge >= 0.3 is 0 Å². The van der Waals surface area contributed by atoms with Crippen molar-refractivity contribution in [2.24, 2.45) is 5.92 Å². The van der Waals surface area contributed by atoms with Crippen molar-refractivity contribution in [2.45, 2.75) is 50.8 Å². The molecule has 1 fully saturated rings. The number of hydrogen-bond donors (Lipinski definition) is 1. The van der Waals surface area contributed by atoms with Gasteiger partial charge in [0.1, 0.15) is 0 Å². The van der Waals surface area contributed by atoms with Crippen LogP contribution in [-0.2, 0) is 4.79 Å². The van der Waals surface area contributed by atoms with Gasteiger partial charge in [-0.2, -0.15) is 0 Å². The lowest BCUT2D eigenvalue weighted by atomic mass is 9.86. The molecule has 0 bridgehead atoms. The zero-order valence-corrected chi connectivity index (χ0v) is 14.9. The number of hydrogen-bond acceptors (Lipinski definition) is 5. The Morgan fingerprint density at radius 1 is 1.25 bits per heavy atom. The van der Waals surface area contributed by atoms with Gasteiger partial charge in [0.25, 0.3) is 5.22 Å². The van der Waals surface area contributed by atoms with Gasteiger partial charge in [-0.15, -0.1) is 10.2 Å². The molecule has 1 saturated carbocycles. The number of amides is 1. The molecule has 1 N–H and O–H groups in total. The highest BCUT2D eigenvalue weighted by atomic mass is 32.2. The third-order valence-electron chi connectivity index (χ3n) is 4.49. The zero-order chi connectivity index (χ0) is 16.9. The fraction of sp³-hybridized carbons (Fsp3) is 0.500. The summed E-state index contributed by atoms with van der Waals surface area (Å²) in [5.41, 5.74) is 2.07. The molecule has 0 spiro atoms. The molecule has 5 nitrogen and oxygen atoms in total. The van der Waals surface area contributed by atoms with E-state index >= 15 is 0 Å². The maximum Gasteiger partial charge on any atom is 0.277 e. The standard InChI is InChI=1S/C18H23N3O2S/c1-12-7-9-14(10-8-12)17-20-21-18(23-17)24-11-16(22)19-15-6-4-3-5-13(15)2/h7-10,13,15H,3-6,11H2,1-2H3,(H,19,22). The first-order chi connectivity index (χ1) is 11.6. The predicted molar refractivity (Wildman–Crippen MR) is 94.8 cm³/mol. The number of aryl methyl sites for hydroxylation is 1. The van der Waals surface area contributed by atoms with E-state index in [1.54, 1.807) is 0 Å². The molecule has 0 saturated heterocycles. The largest absolute Gasteiger partial charge is 0.411 e. The van der Waals surface area contributed by atoms with Gasteiger partial charge in [-0.05, 0) is 37.8 Å². The van der Waals surface area contributed by atoms with Crippen LogP contribution >= 0.6 is 11.8 Å². The quantitative estimate of drug-likeness (QED) is 0.834. The molecule has 1 aliphatic rings. The van der Waals surface area contributed by atoms with Crippen LogP contribution in [0, 0.1) is 12.8 Å². The molecule has 0 aliphatic heterocycles. The molecule has 2 atom stereocenters. The van der Waals surface area contributed by atoms with Gasteiger partial charge in [-0.3, -0.25) is 4.79 Å². The van der Waals surface area contributed by atoms with E-state index in [0.29, 0.717) is 28.8 Å². The lowest BCUT2D eigenvalue weighted by Gasteiger charge is -2.29.